The molecular weight excluding hydrogens is 250 g/mol. The van der Waals surface area contributed by atoms with Crippen LogP contribution in [0.15, 0.2) is 6.07 Å². The van der Waals surface area contributed by atoms with E-state index in [1.54, 1.807) is 4.68 Å². The van der Waals surface area contributed by atoms with E-state index < -0.39 is 12.0 Å². The average Bonchev–Trinajstić information content (AvgIpc) is 2.64. The molecule has 1 atom stereocenters. The number of aliphatic carboxylic acids is 1. The number of aromatic nitrogens is 2. The van der Waals surface area contributed by atoms with Gasteiger partial charge >= 0.3 is 5.97 Å². The number of aliphatic hydroxyl groups is 1. The first-order chi connectivity index (χ1) is 8.93. The zero-order valence-electron chi connectivity index (χ0n) is 11.1. The molecule has 1 heterocycles. The second kappa shape index (κ2) is 6.89. The molecule has 1 aromatic rings. The Kier molecular flexibility index (Phi) is 5.50. The SMILES string of the molecule is Cc1cc(C)n(CCC(=O)N[C@H](CCO)C(=O)O)n1. The summed E-state index contributed by atoms with van der Waals surface area (Å²) in [6, 6.07) is 0.863. The zero-order valence-corrected chi connectivity index (χ0v) is 11.1. The first kappa shape index (κ1) is 15.2. The second-order valence-electron chi connectivity index (χ2n) is 4.37. The molecule has 1 rings (SSSR count). The maximum Gasteiger partial charge on any atom is 0.326 e. The van der Waals surface area contributed by atoms with E-state index in [-0.39, 0.29) is 25.4 Å². The van der Waals surface area contributed by atoms with Crippen molar-refractivity contribution in [3.63, 3.8) is 0 Å². The van der Waals surface area contributed by atoms with Crippen molar-refractivity contribution in [1.29, 1.82) is 0 Å². The Balaban J connectivity index is 2.47. The summed E-state index contributed by atoms with van der Waals surface area (Å²) >= 11 is 0. The molecule has 0 radical (unpaired) electrons. The number of carbonyl (C=O) groups is 2. The first-order valence-corrected chi connectivity index (χ1v) is 6.08. The van der Waals surface area contributed by atoms with Crippen molar-refractivity contribution in [2.45, 2.75) is 39.3 Å². The van der Waals surface area contributed by atoms with Crippen LogP contribution in [-0.2, 0) is 16.1 Å². The third-order valence-electron chi connectivity index (χ3n) is 2.71. The molecule has 7 heteroatoms. The number of carboxylic acid groups (broad SMARTS) is 1. The molecule has 0 spiro atoms. The van der Waals surface area contributed by atoms with Crippen molar-refractivity contribution in [1.82, 2.24) is 15.1 Å². The lowest BCUT2D eigenvalue weighted by Crippen LogP contribution is -2.41. The van der Waals surface area contributed by atoms with E-state index in [2.05, 4.69) is 10.4 Å². The molecular formula is C12H19N3O4. The molecule has 0 fully saturated rings. The summed E-state index contributed by atoms with van der Waals surface area (Å²) in [6.07, 6.45) is 0.151. The van der Waals surface area contributed by atoms with E-state index in [4.69, 9.17) is 10.2 Å². The first-order valence-electron chi connectivity index (χ1n) is 6.08. The smallest absolute Gasteiger partial charge is 0.326 e. The normalized spacial score (nSPS) is 12.2. The van der Waals surface area contributed by atoms with Crippen LogP contribution < -0.4 is 5.32 Å². The third kappa shape index (κ3) is 4.70. The number of rotatable bonds is 7. The van der Waals surface area contributed by atoms with Gasteiger partial charge in [-0.25, -0.2) is 4.79 Å². The van der Waals surface area contributed by atoms with Crippen molar-refractivity contribution in [2.24, 2.45) is 0 Å². The van der Waals surface area contributed by atoms with Crippen LogP contribution in [-0.4, -0.2) is 44.5 Å². The van der Waals surface area contributed by atoms with Gasteiger partial charge in [0.2, 0.25) is 5.91 Å². The fourth-order valence-electron chi connectivity index (χ4n) is 1.76. The molecule has 19 heavy (non-hydrogen) atoms. The molecule has 1 amide bonds. The minimum Gasteiger partial charge on any atom is -0.480 e. The molecule has 1 aromatic heterocycles. The lowest BCUT2D eigenvalue weighted by molar-refractivity contribution is -0.142. The van der Waals surface area contributed by atoms with Crippen molar-refractivity contribution in [3.8, 4) is 0 Å². The summed E-state index contributed by atoms with van der Waals surface area (Å²) in [5.74, 6) is -1.51. The number of amides is 1. The fourth-order valence-corrected chi connectivity index (χ4v) is 1.76. The van der Waals surface area contributed by atoms with Crippen LogP contribution in [0.25, 0.3) is 0 Å². The van der Waals surface area contributed by atoms with Crippen molar-refractivity contribution in [3.05, 3.63) is 17.5 Å². The lowest BCUT2D eigenvalue weighted by atomic mass is 10.2. The number of aryl methyl sites for hydroxylation is 3. The van der Waals surface area contributed by atoms with Crippen LogP contribution in [0.2, 0.25) is 0 Å². The maximum atomic E-state index is 11.6. The summed E-state index contributed by atoms with van der Waals surface area (Å²) in [7, 11) is 0. The highest BCUT2D eigenvalue weighted by Gasteiger charge is 2.19. The summed E-state index contributed by atoms with van der Waals surface area (Å²) in [5, 5.41) is 24.1. The molecule has 7 nitrogen and oxygen atoms in total. The van der Waals surface area contributed by atoms with E-state index in [1.165, 1.54) is 0 Å². The van der Waals surface area contributed by atoms with Crippen LogP contribution in [0.3, 0.4) is 0 Å². The van der Waals surface area contributed by atoms with E-state index in [0.717, 1.165) is 11.4 Å². The topological polar surface area (TPSA) is 104 Å². The zero-order chi connectivity index (χ0) is 14.4. The van der Waals surface area contributed by atoms with Crippen LogP contribution in [0.5, 0.6) is 0 Å². The highest BCUT2D eigenvalue weighted by molar-refractivity contribution is 5.83. The summed E-state index contributed by atoms with van der Waals surface area (Å²) in [6.45, 7) is 3.88. The number of hydrogen-bond acceptors (Lipinski definition) is 4. The van der Waals surface area contributed by atoms with Crippen LogP contribution in [0, 0.1) is 13.8 Å². The molecule has 0 saturated heterocycles. The molecule has 0 aliphatic heterocycles. The Morgan fingerprint density at radius 1 is 1.47 bits per heavy atom. The molecule has 106 valence electrons. The van der Waals surface area contributed by atoms with Gasteiger partial charge < -0.3 is 15.5 Å². The highest BCUT2D eigenvalue weighted by Crippen LogP contribution is 2.03. The molecule has 0 unspecified atom stereocenters. The van der Waals surface area contributed by atoms with Gasteiger partial charge in [0.15, 0.2) is 0 Å². The van der Waals surface area contributed by atoms with Gasteiger partial charge in [-0.15, -0.1) is 0 Å². The van der Waals surface area contributed by atoms with Crippen molar-refractivity contribution < 1.29 is 19.8 Å². The Morgan fingerprint density at radius 2 is 2.16 bits per heavy atom. The molecule has 0 aromatic carbocycles. The maximum absolute atomic E-state index is 11.6. The summed E-state index contributed by atoms with van der Waals surface area (Å²) < 4.78 is 1.71. The quantitative estimate of drug-likeness (QED) is 0.638. The van der Waals surface area contributed by atoms with Crippen molar-refractivity contribution >= 4 is 11.9 Å². The van der Waals surface area contributed by atoms with Crippen molar-refractivity contribution in [2.75, 3.05) is 6.61 Å². The Labute approximate surface area is 111 Å². The van der Waals surface area contributed by atoms with Crippen LogP contribution in [0.1, 0.15) is 24.2 Å². The van der Waals surface area contributed by atoms with E-state index in [1.807, 2.05) is 19.9 Å². The lowest BCUT2D eigenvalue weighted by Gasteiger charge is -2.13. The van der Waals surface area contributed by atoms with Gasteiger partial charge in [-0.05, 0) is 19.9 Å². The van der Waals surface area contributed by atoms with Gasteiger partial charge in [0.05, 0.1) is 5.69 Å². The molecule has 3 N–H and O–H groups in total. The number of hydrogen-bond donors (Lipinski definition) is 3. The van der Waals surface area contributed by atoms with Gasteiger partial charge in [-0.2, -0.15) is 5.10 Å². The molecule has 0 bridgehead atoms. The van der Waals surface area contributed by atoms with Gasteiger partial charge in [0, 0.05) is 31.7 Å². The molecule has 0 aliphatic rings. The standard InChI is InChI=1S/C12H19N3O4/c1-8-7-9(2)15(14-8)5-3-11(17)13-10(4-6-16)12(18)19/h7,10,16H,3-6H2,1-2H3,(H,13,17)(H,18,19)/t10-/m1/s1. The highest BCUT2D eigenvalue weighted by atomic mass is 16.4. The van der Waals surface area contributed by atoms with Gasteiger partial charge in [0.25, 0.3) is 0 Å². The van der Waals surface area contributed by atoms with Gasteiger partial charge in [-0.3, -0.25) is 9.48 Å². The van der Waals surface area contributed by atoms with E-state index in [0.29, 0.717) is 6.54 Å². The summed E-state index contributed by atoms with van der Waals surface area (Å²) in [5.41, 5.74) is 1.83. The minimum atomic E-state index is -1.14. The minimum absolute atomic E-state index is 0.000971. The largest absolute Gasteiger partial charge is 0.480 e. The van der Waals surface area contributed by atoms with E-state index in [9.17, 15) is 9.59 Å². The Hall–Kier alpha value is -1.89. The average molecular weight is 269 g/mol. The summed E-state index contributed by atoms with van der Waals surface area (Å²) in [4.78, 5) is 22.4. The predicted molar refractivity (Wildman–Crippen MR) is 67.6 cm³/mol. The van der Waals surface area contributed by atoms with Crippen LogP contribution >= 0.6 is 0 Å². The molecule has 0 saturated carbocycles. The number of carboxylic acids is 1. The predicted octanol–water partition coefficient (Wildman–Crippen LogP) is -0.158. The van der Waals surface area contributed by atoms with Gasteiger partial charge in [0.1, 0.15) is 6.04 Å². The number of carbonyl (C=O) groups excluding carboxylic acids is 1. The number of aliphatic hydroxyl groups excluding tert-OH is 1. The van der Waals surface area contributed by atoms with Gasteiger partial charge in [-0.1, -0.05) is 0 Å². The Morgan fingerprint density at radius 3 is 2.63 bits per heavy atom. The fraction of sp³-hybridized carbons (Fsp3) is 0.583. The Bertz CT molecular complexity index is 456. The van der Waals surface area contributed by atoms with E-state index >= 15 is 0 Å². The third-order valence-corrected chi connectivity index (χ3v) is 2.71. The number of nitrogens with one attached hydrogen (secondary N) is 1. The molecule has 0 aliphatic carbocycles. The second-order valence-corrected chi connectivity index (χ2v) is 4.37. The number of nitrogens with zero attached hydrogens (tertiary/aromatic N) is 2. The monoisotopic (exact) mass is 269 g/mol. The van der Waals surface area contributed by atoms with Crippen LogP contribution in [0.4, 0.5) is 0 Å².